The summed E-state index contributed by atoms with van der Waals surface area (Å²) < 4.78 is 20.0. The van der Waals surface area contributed by atoms with Gasteiger partial charge in [-0.2, -0.15) is 0 Å². The van der Waals surface area contributed by atoms with Gasteiger partial charge < -0.3 is 14.7 Å². The number of aliphatic hydroxyl groups excluding tert-OH is 1. The Morgan fingerprint density at radius 2 is 2.17 bits per heavy atom. The van der Waals surface area contributed by atoms with Crippen molar-refractivity contribution in [3.63, 3.8) is 0 Å². The van der Waals surface area contributed by atoms with Crippen LogP contribution >= 0.6 is 0 Å². The Hall–Kier alpha value is -1.98. The van der Waals surface area contributed by atoms with Gasteiger partial charge in [-0.05, 0) is 30.2 Å². The molecule has 0 saturated carbocycles. The van der Waals surface area contributed by atoms with Crippen LogP contribution in [0.1, 0.15) is 23.7 Å². The zero-order valence-electron chi connectivity index (χ0n) is 13.2. The molecule has 0 spiro atoms. The molecule has 23 heavy (non-hydrogen) atoms. The van der Waals surface area contributed by atoms with Gasteiger partial charge in [0.05, 0.1) is 25.0 Å². The summed E-state index contributed by atoms with van der Waals surface area (Å²) in [7, 11) is 0. The minimum Gasteiger partial charge on any atom is -0.392 e. The molecule has 3 rings (SSSR count). The molecule has 122 valence electrons. The van der Waals surface area contributed by atoms with Crippen LogP contribution in [0, 0.1) is 5.82 Å². The lowest BCUT2D eigenvalue weighted by Crippen LogP contribution is -2.52. The van der Waals surface area contributed by atoms with E-state index < -0.39 is 0 Å². The molecule has 1 aromatic carbocycles. The summed E-state index contributed by atoms with van der Waals surface area (Å²) in [6.45, 7) is 3.67. The van der Waals surface area contributed by atoms with Crippen LogP contribution in [-0.2, 0) is 24.4 Å². The summed E-state index contributed by atoms with van der Waals surface area (Å²) in [5, 5.41) is 9.13. The van der Waals surface area contributed by atoms with Gasteiger partial charge >= 0.3 is 0 Å². The van der Waals surface area contributed by atoms with E-state index in [0.29, 0.717) is 30.9 Å². The van der Waals surface area contributed by atoms with Gasteiger partial charge in [-0.1, -0.05) is 19.1 Å². The first kappa shape index (κ1) is 15.9. The van der Waals surface area contributed by atoms with E-state index in [1.54, 1.807) is 24.4 Å². The molecule has 0 unspecified atom stereocenters. The van der Waals surface area contributed by atoms with E-state index in [1.165, 1.54) is 0 Å². The molecule has 0 radical (unpaired) electrons. The van der Waals surface area contributed by atoms with Crippen molar-refractivity contribution in [1.82, 2.24) is 4.98 Å². The normalized spacial score (nSPS) is 14.8. The highest BCUT2D eigenvalue weighted by Gasteiger charge is 2.29. The minimum atomic E-state index is -0.338. The number of ether oxygens (including phenoxy) is 1. The number of nitrogens with zero attached hydrogens (tertiary/aromatic N) is 2. The lowest BCUT2D eigenvalue weighted by molar-refractivity contribution is 0.0221. The Bertz CT molecular complexity index is 672. The number of halogens is 1. The van der Waals surface area contributed by atoms with Crippen molar-refractivity contribution >= 4 is 5.69 Å². The fraction of sp³-hybridized carbons (Fsp3) is 0.389. The summed E-state index contributed by atoms with van der Waals surface area (Å²) in [4.78, 5) is 6.20. The molecule has 1 fully saturated rings. The molecule has 2 heterocycles. The molecule has 5 heteroatoms. The first-order valence-electron chi connectivity index (χ1n) is 7.90. The monoisotopic (exact) mass is 316 g/mol. The lowest BCUT2D eigenvalue weighted by Gasteiger charge is -2.41. The summed E-state index contributed by atoms with van der Waals surface area (Å²) >= 11 is 0. The van der Waals surface area contributed by atoms with Crippen molar-refractivity contribution in [2.24, 2.45) is 0 Å². The van der Waals surface area contributed by atoms with Crippen molar-refractivity contribution in [2.45, 2.75) is 32.7 Å². The second kappa shape index (κ2) is 7.06. The molecule has 4 nitrogen and oxygen atoms in total. The third-order valence-corrected chi connectivity index (χ3v) is 4.15. The average molecular weight is 316 g/mol. The first-order valence-corrected chi connectivity index (χ1v) is 7.90. The molecule has 0 amide bonds. The van der Waals surface area contributed by atoms with Crippen LogP contribution in [0.25, 0.3) is 0 Å². The van der Waals surface area contributed by atoms with Gasteiger partial charge in [0.2, 0.25) is 0 Å². The maximum absolute atomic E-state index is 14.2. The van der Waals surface area contributed by atoms with Crippen molar-refractivity contribution in [3.05, 3.63) is 59.2 Å². The third kappa shape index (κ3) is 3.51. The van der Waals surface area contributed by atoms with E-state index in [1.807, 2.05) is 11.0 Å². The molecule has 1 N–H and O–H groups in total. The second-order valence-electron chi connectivity index (χ2n) is 5.76. The number of aromatic nitrogens is 1. The highest BCUT2D eigenvalue weighted by Crippen LogP contribution is 2.27. The predicted octanol–water partition coefficient (Wildman–Crippen LogP) is 2.68. The van der Waals surface area contributed by atoms with Crippen LogP contribution in [0.4, 0.5) is 10.1 Å². The highest BCUT2D eigenvalue weighted by molar-refractivity contribution is 5.52. The average Bonchev–Trinajstić information content (AvgIpc) is 2.55. The minimum absolute atomic E-state index is 0.102. The molecule has 0 bridgehead atoms. The molecular formula is C18H21FN2O2. The molecule has 1 saturated heterocycles. The quantitative estimate of drug-likeness (QED) is 0.890. The smallest absolute Gasteiger partial charge is 0.151 e. The van der Waals surface area contributed by atoms with Gasteiger partial charge in [-0.3, -0.25) is 4.98 Å². The maximum atomic E-state index is 14.2. The highest BCUT2D eigenvalue weighted by atomic mass is 19.1. The van der Waals surface area contributed by atoms with Crippen LogP contribution < -0.4 is 4.90 Å². The molecule has 1 aliphatic rings. The zero-order valence-corrected chi connectivity index (χ0v) is 13.2. The number of aliphatic hydroxyl groups is 1. The molecule has 1 aromatic heterocycles. The third-order valence-electron chi connectivity index (χ3n) is 4.15. The van der Waals surface area contributed by atoms with Gasteiger partial charge in [0.25, 0.3) is 0 Å². The van der Waals surface area contributed by atoms with Crippen LogP contribution in [0.5, 0.6) is 0 Å². The predicted molar refractivity (Wildman–Crippen MR) is 86.7 cm³/mol. The topological polar surface area (TPSA) is 45.6 Å². The van der Waals surface area contributed by atoms with Crippen LogP contribution in [0.3, 0.4) is 0 Å². The fourth-order valence-corrected chi connectivity index (χ4v) is 2.70. The Morgan fingerprint density at radius 3 is 2.91 bits per heavy atom. The fourth-order valence-electron chi connectivity index (χ4n) is 2.70. The van der Waals surface area contributed by atoms with E-state index >= 15 is 0 Å². The Morgan fingerprint density at radius 1 is 1.35 bits per heavy atom. The van der Waals surface area contributed by atoms with Gasteiger partial charge in [0.1, 0.15) is 0 Å². The molecule has 1 aliphatic heterocycles. The Balaban J connectivity index is 1.53. The number of aryl methyl sites for hydroxylation is 1. The van der Waals surface area contributed by atoms with Crippen molar-refractivity contribution in [2.75, 3.05) is 18.0 Å². The molecular weight excluding hydrogens is 295 g/mol. The Kier molecular flexibility index (Phi) is 4.88. The number of rotatable bonds is 6. The number of benzene rings is 1. The summed E-state index contributed by atoms with van der Waals surface area (Å²) in [5.41, 5.74) is 3.04. The largest absolute Gasteiger partial charge is 0.392 e. The standard InChI is InChI=1S/C18H21FN2O2/c1-2-15-8-13(6-7-20-15)12-23-16-9-21(10-16)17-5-3-4-14(11-22)18(17)19/h3-8,16,22H,2,9-12H2,1H3. The van der Waals surface area contributed by atoms with E-state index in [9.17, 15) is 4.39 Å². The van der Waals surface area contributed by atoms with Gasteiger partial charge in [0.15, 0.2) is 5.82 Å². The summed E-state index contributed by atoms with van der Waals surface area (Å²) in [5.74, 6) is -0.338. The number of hydrogen-bond acceptors (Lipinski definition) is 4. The van der Waals surface area contributed by atoms with Gasteiger partial charge in [-0.15, -0.1) is 0 Å². The summed E-state index contributed by atoms with van der Waals surface area (Å²) in [6.07, 6.45) is 2.82. The summed E-state index contributed by atoms with van der Waals surface area (Å²) in [6, 6.07) is 9.12. The maximum Gasteiger partial charge on any atom is 0.151 e. The number of anilines is 1. The van der Waals surface area contributed by atoms with E-state index in [-0.39, 0.29) is 18.5 Å². The molecule has 2 aromatic rings. The van der Waals surface area contributed by atoms with E-state index in [0.717, 1.165) is 17.7 Å². The first-order chi connectivity index (χ1) is 11.2. The van der Waals surface area contributed by atoms with Gasteiger partial charge in [0, 0.05) is 30.5 Å². The van der Waals surface area contributed by atoms with Crippen molar-refractivity contribution in [1.29, 1.82) is 0 Å². The van der Waals surface area contributed by atoms with Crippen molar-refractivity contribution in [3.8, 4) is 0 Å². The van der Waals surface area contributed by atoms with Crippen molar-refractivity contribution < 1.29 is 14.2 Å². The number of pyridine rings is 1. The lowest BCUT2D eigenvalue weighted by atomic mass is 10.1. The van der Waals surface area contributed by atoms with Crippen LogP contribution in [0.2, 0.25) is 0 Å². The molecule has 0 atom stereocenters. The van der Waals surface area contributed by atoms with Gasteiger partial charge in [-0.25, -0.2) is 4.39 Å². The van der Waals surface area contributed by atoms with Crippen LogP contribution in [-0.4, -0.2) is 29.3 Å². The van der Waals surface area contributed by atoms with Crippen LogP contribution in [0.15, 0.2) is 36.5 Å². The Labute approximate surface area is 135 Å². The number of hydrogen-bond donors (Lipinski definition) is 1. The zero-order chi connectivity index (χ0) is 16.2. The van der Waals surface area contributed by atoms with E-state index in [4.69, 9.17) is 9.84 Å². The second-order valence-corrected chi connectivity index (χ2v) is 5.76. The molecule has 0 aliphatic carbocycles. The van der Waals surface area contributed by atoms with E-state index in [2.05, 4.69) is 18.0 Å². The SMILES string of the molecule is CCc1cc(COC2CN(c3cccc(CO)c3F)C2)ccn1.